The van der Waals surface area contributed by atoms with Crippen molar-refractivity contribution in [3.05, 3.63) is 82.9 Å². The fourth-order valence-electron chi connectivity index (χ4n) is 2.61. The van der Waals surface area contributed by atoms with E-state index >= 15 is 0 Å². The summed E-state index contributed by atoms with van der Waals surface area (Å²) in [6, 6.07) is 13.2. The lowest BCUT2D eigenvalue weighted by molar-refractivity contribution is 0.0791. The van der Waals surface area contributed by atoms with Crippen molar-refractivity contribution in [1.82, 2.24) is 14.9 Å². The largest absolute Gasteiger partial charge is 0.355 e. The van der Waals surface area contributed by atoms with Crippen LogP contribution in [-0.4, -0.2) is 34.4 Å². The van der Waals surface area contributed by atoms with Crippen molar-refractivity contribution in [1.29, 1.82) is 0 Å². The highest BCUT2D eigenvalue weighted by molar-refractivity contribution is 6.31. The quantitative estimate of drug-likeness (QED) is 0.684. The molecule has 0 fully saturated rings. The smallest absolute Gasteiger partial charge is 0.272 e. The first-order valence-corrected chi connectivity index (χ1v) is 9.04. The van der Waals surface area contributed by atoms with Crippen molar-refractivity contribution in [3.63, 3.8) is 0 Å². The summed E-state index contributed by atoms with van der Waals surface area (Å²) in [7, 11) is 1.78. The van der Waals surface area contributed by atoms with Gasteiger partial charge in [-0.2, -0.15) is 0 Å². The highest BCUT2D eigenvalue weighted by Crippen LogP contribution is 2.23. The molecule has 138 valence electrons. The molecule has 3 rings (SSSR count). The van der Waals surface area contributed by atoms with E-state index in [9.17, 15) is 4.79 Å². The van der Waals surface area contributed by atoms with Crippen LogP contribution in [0.15, 0.2) is 61.1 Å². The molecule has 6 heteroatoms. The van der Waals surface area contributed by atoms with Crippen LogP contribution in [0.4, 0.5) is 11.4 Å². The summed E-state index contributed by atoms with van der Waals surface area (Å²) >= 11 is 6.17. The van der Waals surface area contributed by atoms with E-state index in [1.54, 1.807) is 36.6 Å². The van der Waals surface area contributed by atoms with Crippen molar-refractivity contribution in [2.45, 2.75) is 13.3 Å². The number of rotatable bonds is 6. The first-order chi connectivity index (χ1) is 13.0. The van der Waals surface area contributed by atoms with Crippen LogP contribution in [0.1, 0.15) is 21.6 Å². The Morgan fingerprint density at radius 3 is 2.56 bits per heavy atom. The highest BCUT2D eigenvalue weighted by Gasteiger charge is 2.13. The van der Waals surface area contributed by atoms with Crippen LogP contribution in [-0.2, 0) is 6.42 Å². The molecule has 0 unspecified atom stereocenters. The molecular weight excluding hydrogens is 360 g/mol. The Bertz CT molecular complexity index is 930. The van der Waals surface area contributed by atoms with Crippen LogP contribution in [0.25, 0.3) is 0 Å². The Balaban J connectivity index is 1.66. The number of carbonyl (C=O) groups excluding carboxylic acids is 1. The molecule has 0 aliphatic rings. The van der Waals surface area contributed by atoms with Gasteiger partial charge in [-0.3, -0.25) is 14.8 Å². The van der Waals surface area contributed by atoms with Crippen molar-refractivity contribution < 1.29 is 4.79 Å². The summed E-state index contributed by atoms with van der Waals surface area (Å²) in [5.41, 5.74) is 4.21. The fourth-order valence-corrected chi connectivity index (χ4v) is 2.79. The van der Waals surface area contributed by atoms with Gasteiger partial charge in [0.15, 0.2) is 0 Å². The second-order valence-electron chi connectivity index (χ2n) is 6.35. The maximum atomic E-state index is 12.7. The number of aromatic nitrogens is 2. The van der Waals surface area contributed by atoms with Gasteiger partial charge >= 0.3 is 0 Å². The SMILES string of the molecule is Cc1ccc(Nc2ccnc(C(=O)N(C)CCc3ccncc3)c2)cc1Cl. The molecule has 3 aromatic rings. The number of hydrogen-bond donors (Lipinski definition) is 1. The number of pyridine rings is 2. The molecule has 0 atom stereocenters. The number of anilines is 2. The number of nitrogens with one attached hydrogen (secondary N) is 1. The molecule has 0 radical (unpaired) electrons. The fraction of sp³-hybridized carbons (Fsp3) is 0.190. The molecule has 0 aliphatic carbocycles. The number of hydrogen-bond acceptors (Lipinski definition) is 4. The van der Waals surface area contributed by atoms with E-state index in [0.717, 1.165) is 28.9 Å². The normalized spacial score (nSPS) is 10.5. The van der Waals surface area contributed by atoms with Gasteiger partial charge in [-0.25, -0.2) is 0 Å². The van der Waals surface area contributed by atoms with E-state index in [1.165, 1.54) is 0 Å². The maximum absolute atomic E-state index is 12.7. The molecule has 2 heterocycles. The van der Waals surface area contributed by atoms with E-state index in [0.29, 0.717) is 17.3 Å². The second kappa shape index (κ2) is 8.64. The molecule has 0 saturated carbocycles. The molecule has 0 bridgehead atoms. The molecule has 0 spiro atoms. The summed E-state index contributed by atoms with van der Waals surface area (Å²) < 4.78 is 0. The van der Waals surface area contributed by atoms with Gasteiger partial charge in [0, 0.05) is 48.6 Å². The number of amides is 1. The molecule has 1 aromatic carbocycles. The van der Waals surface area contributed by atoms with Crippen LogP contribution in [0.5, 0.6) is 0 Å². The van der Waals surface area contributed by atoms with Gasteiger partial charge < -0.3 is 10.2 Å². The third-order valence-corrected chi connectivity index (χ3v) is 4.68. The van der Waals surface area contributed by atoms with Gasteiger partial charge in [0.25, 0.3) is 5.91 Å². The highest BCUT2D eigenvalue weighted by atomic mass is 35.5. The lowest BCUT2D eigenvalue weighted by atomic mass is 10.2. The van der Waals surface area contributed by atoms with E-state index in [2.05, 4.69) is 15.3 Å². The molecule has 0 saturated heterocycles. The van der Waals surface area contributed by atoms with E-state index < -0.39 is 0 Å². The van der Waals surface area contributed by atoms with Gasteiger partial charge in [-0.1, -0.05) is 17.7 Å². The first kappa shape index (κ1) is 18.9. The monoisotopic (exact) mass is 380 g/mol. The number of likely N-dealkylation sites (N-methyl/N-ethyl adjacent to an activating group) is 1. The van der Waals surface area contributed by atoms with Crippen molar-refractivity contribution in [2.75, 3.05) is 18.9 Å². The lowest BCUT2D eigenvalue weighted by Gasteiger charge is -2.17. The Labute approximate surface area is 164 Å². The molecule has 0 aliphatic heterocycles. The zero-order chi connectivity index (χ0) is 19.2. The minimum atomic E-state index is -0.116. The number of carbonyl (C=O) groups is 1. The summed E-state index contributed by atoms with van der Waals surface area (Å²) in [6.07, 6.45) is 5.91. The number of nitrogens with zero attached hydrogens (tertiary/aromatic N) is 3. The number of aryl methyl sites for hydroxylation is 1. The van der Waals surface area contributed by atoms with Crippen LogP contribution >= 0.6 is 11.6 Å². The average Bonchev–Trinajstić information content (AvgIpc) is 2.69. The molecule has 5 nitrogen and oxygen atoms in total. The van der Waals surface area contributed by atoms with Gasteiger partial charge in [0.1, 0.15) is 5.69 Å². The molecule has 27 heavy (non-hydrogen) atoms. The van der Waals surface area contributed by atoms with Gasteiger partial charge in [0.05, 0.1) is 0 Å². The predicted octanol–water partition coefficient (Wildman–Crippen LogP) is 4.50. The van der Waals surface area contributed by atoms with Crippen molar-refractivity contribution >= 4 is 28.9 Å². The Kier molecular flexibility index (Phi) is 6.04. The lowest BCUT2D eigenvalue weighted by Crippen LogP contribution is -2.29. The molecule has 2 aromatic heterocycles. The summed E-state index contributed by atoms with van der Waals surface area (Å²) in [6.45, 7) is 2.56. The van der Waals surface area contributed by atoms with Crippen LogP contribution in [0.3, 0.4) is 0 Å². The summed E-state index contributed by atoms with van der Waals surface area (Å²) in [5, 5.41) is 3.96. The summed E-state index contributed by atoms with van der Waals surface area (Å²) in [4.78, 5) is 22.6. The topological polar surface area (TPSA) is 58.1 Å². The van der Waals surface area contributed by atoms with Crippen molar-refractivity contribution in [3.8, 4) is 0 Å². The van der Waals surface area contributed by atoms with Gasteiger partial charge in [-0.15, -0.1) is 0 Å². The zero-order valence-electron chi connectivity index (χ0n) is 15.3. The third kappa shape index (κ3) is 5.05. The van der Waals surface area contributed by atoms with Crippen molar-refractivity contribution in [2.24, 2.45) is 0 Å². The Morgan fingerprint density at radius 2 is 1.81 bits per heavy atom. The molecular formula is C21H21ClN4O. The minimum absolute atomic E-state index is 0.116. The predicted molar refractivity (Wildman–Crippen MR) is 109 cm³/mol. The Morgan fingerprint density at radius 1 is 1.07 bits per heavy atom. The van der Waals surface area contributed by atoms with Crippen LogP contribution < -0.4 is 5.32 Å². The first-order valence-electron chi connectivity index (χ1n) is 8.66. The molecule has 1 N–H and O–H groups in total. The standard InChI is InChI=1S/C21H21ClN4O/c1-15-3-4-17(13-19(15)22)25-18-7-11-24-20(14-18)21(27)26(2)12-8-16-5-9-23-10-6-16/h3-7,9-11,13-14H,8,12H2,1-2H3,(H,24,25). The Hall–Kier alpha value is -2.92. The van der Waals surface area contributed by atoms with Gasteiger partial charge in [-0.05, 0) is 60.9 Å². The van der Waals surface area contributed by atoms with Crippen LogP contribution in [0, 0.1) is 6.92 Å². The van der Waals surface area contributed by atoms with Gasteiger partial charge in [0.2, 0.25) is 0 Å². The van der Waals surface area contributed by atoms with Crippen LogP contribution in [0.2, 0.25) is 5.02 Å². The van der Waals surface area contributed by atoms with E-state index in [1.807, 2.05) is 43.3 Å². The maximum Gasteiger partial charge on any atom is 0.272 e. The average molecular weight is 381 g/mol. The third-order valence-electron chi connectivity index (χ3n) is 4.27. The summed E-state index contributed by atoms with van der Waals surface area (Å²) in [5.74, 6) is -0.116. The minimum Gasteiger partial charge on any atom is -0.355 e. The van der Waals surface area contributed by atoms with E-state index in [4.69, 9.17) is 11.6 Å². The second-order valence-corrected chi connectivity index (χ2v) is 6.76. The zero-order valence-corrected chi connectivity index (χ0v) is 16.1. The van der Waals surface area contributed by atoms with E-state index in [-0.39, 0.29) is 5.91 Å². The molecule has 1 amide bonds. The number of benzene rings is 1. The number of halogens is 1.